The van der Waals surface area contributed by atoms with Crippen molar-refractivity contribution in [2.75, 3.05) is 4.90 Å². The standard InChI is InChI=1S/C16H11NO4/c18-14-12-6-1-2-7-13(12)17(15(14)19)9-10-4-3-5-11(8-10)16(20)21/h1-8H,9H2,(H,20,21). The van der Waals surface area contributed by atoms with Crippen LogP contribution in [0.3, 0.4) is 0 Å². The summed E-state index contributed by atoms with van der Waals surface area (Å²) in [6, 6.07) is 13.1. The van der Waals surface area contributed by atoms with E-state index in [1.165, 1.54) is 17.0 Å². The van der Waals surface area contributed by atoms with Gasteiger partial charge in [0.15, 0.2) is 0 Å². The van der Waals surface area contributed by atoms with Crippen molar-refractivity contribution >= 4 is 23.3 Å². The first kappa shape index (κ1) is 13.1. The Labute approximate surface area is 120 Å². The summed E-state index contributed by atoms with van der Waals surface area (Å²) in [6.45, 7) is 0.169. The summed E-state index contributed by atoms with van der Waals surface area (Å²) in [5, 5.41) is 8.99. The van der Waals surface area contributed by atoms with Gasteiger partial charge in [-0.05, 0) is 29.8 Å². The van der Waals surface area contributed by atoms with Crippen molar-refractivity contribution in [2.45, 2.75) is 6.54 Å². The van der Waals surface area contributed by atoms with Gasteiger partial charge in [0.05, 0.1) is 23.4 Å². The van der Waals surface area contributed by atoms with E-state index in [0.717, 1.165) is 0 Å². The Morgan fingerprint density at radius 2 is 1.81 bits per heavy atom. The second-order valence-corrected chi connectivity index (χ2v) is 4.74. The van der Waals surface area contributed by atoms with Gasteiger partial charge in [-0.2, -0.15) is 0 Å². The smallest absolute Gasteiger partial charge is 0.335 e. The highest BCUT2D eigenvalue weighted by atomic mass is 16.4. The Morgan fingerprint density at radius 1 is 1.05 bits per heavy atom. The SMILES string of the molecule is O=C(O)c1cccc(CN2C(=O)C(=O)c3ccccc32)c1. The lowest BCUT2D eigenvalue weighted by molar-refractivity contribution is -0.114. The van der Waals surface area contributed by atoms with Crippen LogP contribution in [0.2, 0.25) is 0 Å². The summed E-state index contributed by atoms with van der Waals surface area (Å²) in [6.07, 6.45) is 0. The van der Waals surface area contributed by atoms with Gasteiger partial charge in [-0.25, -0.2) is 4.79 Å². The maximum absolute atomic E-state index is 12.0. The van der Waals surface area contributed by atoms with Crippen LogP contribution < -0.4 is 4.90 Å². The molecular formula is C16H11NO4. The molecule has 0 aromatic heterocycles. The van der Waals surface area contributed by atoms with E-state index >= 15 is 0 Å². The van der Waals surface area contributed by atoms with Crippen LogP contribution in [-0.2, 0) is 11.3 Å². The molecule has 1 amide bonds. The topological polar surface area (TPSA) is 74.7 Å². The maximum Gasteiger partial charge on any atom is 0.335 e. The minimum Gasteiger partial charge on any atom is -0.478 e. The number of rotatable bonds is 3. The van der Waals surface area contributed by atoms with Crippen LogP contribution in [-0.4, -0.2) is 22.8 Å². The third-order valence-corrected chi connectivity index (χ3v) is 3.39. The van der Waals surface area contributed by atoms with Gasteiger partial charge in [0.2, 0.25) is 0 Å². The molecule has 1 aliphatic rings. The molecule has 104 valence electrons. The Balaban J connectivity index is 1.95. The number of carbonyl (C=O) groups excluding carboxylic acids is 2. The van der Waals surface area contributed by atoms with Gasteiger partial charge < -0.3 is 10.0 Å². The van der Waals surface area contributed by atoms with Gasteiger partial charge in [-0.1, -0.05) is 24.3 Å². The summed E-state index contributed by atoms with van der Waals surface area (Å²) in [5.41, 5.74) is 1.76. The molecule has 0 radical (unpaired) electrons. The fourth-order valence-corrected chi connectivity index (χ4v) is 2.39. The molecule has 5 heteroatoms. The van der Waals surface area contributed by atoms with E-state index in [0.29, 0.717) is 16.8 Å². The second-order valence-electron chi connectivity index (χ2n) is 4.74. The van der Waals surface area contributed by atoms with Crippen LogP contribution in [0.1, 0.15) is 26.3 Å². The number of carbonyl (C=O) groups is 3. The number of hydrogen-bond acceptors (Lipinski definition) is 3. The number of hydrogen-bond donors (Lipinski definition) is 1. The molecule has 0 spiro atoms. The van der Waals surface area contributed by atoms with Gasteiger partial charge in [0.1, 0.15) is 0 Å². The number of benzene rings is 2. The number of aromatic carboxylic acids is 1. The zero-order valence-corrected chi connectivity index (χ0v) is 10.9. The largest absolute Gasteiger partial charge is 0.478 e. The molecule has 1 N–H and O–H groups in total. The minimum absolute atomic E-state index is 0.152. The number of ketones is 1. The molecule has 0 saturated heterocycles. The zero-order chi connectivity index (χ0) is 15.0. The normalized spacial score (nSPS) is 13.4. The molecule has 0 saturated carbocycles. The molecule has 0 bridgehead atoms. The van der Waals surface area contributed by atoms with Crippen molar-refractivity contribution in [3.05, 3.63) is 65.2 Å². The van der Waals surface area contributed by atoms with E-state index in [4.69, 9.17) is 5.11 Å². The summed E-state index contributed by atoms with van der Waals surface area (Å²) < 4.78 is 0. The summed E-state index contributed by atoms with van der Waals surface area (Å²) >= 11 is 0. The molecule has 0 aliphatic carbocycles. The molecule has 2 aromatic rings. The first-order valence-electron chi connectivity index (χ1n) is 6.35. The molecule has 5 nitrogen and oxygen atoms in total. The first-order chi connectivity index (χ1) is 10.1. The molecule has 21 heavy (non-hydrogen) atoms. The van der Waals surface area contributed by atoms with Gasteiger partial charge in [0, 0.05) is 0 Å². The fourth-order valence-electron chi connectivity index (χ4n) is 2.39. The summed E-state index contributed by atoms with van der Waals surface area (Å²) in [7, 11) is 0. The van der Waals surface area contributed by atoms with Crippen molar-refractivity contribution < 1.29 is 19.5 Å². The van der Waals surface area contributed by atoms with Crippen molar-refractivity contribution in [3.63, 3.8) is 0 Å². The highest BCUT2D eigenvalue weighted by Gasteiger charge is 2.35. The Hall–Kier alpha value is -2.95. The van der Waals surface area contributed by atoms with Gasteiger partial charge in [-0.3, -0.25) is 9.59 Å². The average Bonchev–Trinajstić information content (AvgIpc) is 2.73. The maximum atomic E-state index is 12.0. The monoisotopic (exact) mass is 281 g/mol. The number of anilines is 1. The molecular weight excluding hydrogens is 270 g/mol. The highest BCUT2D eigenvalue weighted by Crippen LogP contribution is 2.29. The number of para-hydroxylation sites is 1. The molecule has 0 unspecified atom stereocenters. The second kappa shape index (κ2) is 4.86. The number of Topliss-reactive ketones (excluding diaryl/α,β-unsaturated/α-hetero) is 1. The predicted molar refractivity (Wildman–Crippen MR) is 75.4 cm³/mol. The Morgan fingerprint density at radius 3 is 2.57 bits per heavy atom. The van der Waals surface area contributed by atoms with Gasteiger partial charge >= 0.3 is 5.97 Å². The van der Waals surface area contributed by atoms with Crippen molar-refractivity contribution in [2.24, 2.45) is 0 Å². The number of fused-ring (bicyclic) bond motifs is 1. The number of carboxylic acid groups (broad SMARTS) is 1. The number of amides is 1. The average molecular weight is 281 g/mol. The van der Waals surface area contributed by atoms with Crippen LogP contribution in [0.4, 0.5) is 5.69 Å². The lowest BCUT2D eigenvalue weighted by Gasteiger charge is -2.16. The molecule has 2 aromatic carbocycles. The van der Waals surface area contributed by atoms with Crippen LogP contribution >= 0.6 is 0 Å². The molecule has 1 heterocycles. The predicted octanol–water partition coefficient (Wildman–Crippen LogP) is 2.11. The first-order valence-corrected chi connectivity index (χ1v) is 6.35. The Kier molecular flexibility index (Phi) is 3.02. The molecule has 0 atom stereocenters. The van der Waals surface area contributed by atoms with Gasteiger partial charge in [-0.15, -0.1) is 0 Å². The van der Waals surface area contributed by atoms with E-state index in [-0.39, 0.29) is 12.1 Å². The zero-order valence-electron chi connectivity index (χ0n) is 10.9. The Bertz CT molecular complexity index is 766. The number of nitrogens with zero attached hydrogens (tertiary/aromatic N) is 1. The van der Waals surface area contributed by atoms with Crippen LogP contribution in [0.25, 0.3) is 0 Å². The van der Waals surface area contributed by atoms with Crippen LogP contribution in [0.15, 0.2) is 48.5 Å². The van der Waals surface area contributed by atoms with E-state index < -0.39 is 17.7 Å². The summed E-state index contributed by atoms with van der Waals surface area (Å²) in [5.74, 6) is -2.14. The van der Waals surface area contributed by atoms with E-state index in [1.54, 1.807) is 36.4 Å². The fraction of sp³-hybridized carbons (Fsp3) is 0.0625. The van der Waals surface area contributed by atoms with Crippen molar-refractivity contribution in [1.82, 2.24) is 0 Å². The number of carboxylic acids is 1. The van der Waals surface area contributed by atoms with Crippen molar-refractivity contribution in [1.29, 1.82) is 0 Å². The molecule has 0 fully saturated rings. The van der Waals surface area contributed by atoms with Crippen LogP contribution in [0.5, 0.6) is 0 Å². The quantitative estimate of drug-likeness (QED) is 0.874. The van der Waals surface area contributed by atoms with E-state index in [1.807, 2.05) is 0 Å². The lowest BCUT2D eigenvalue weighted by Crippen LogP contribution is -2.29. The van der Waals surface area contributed by atoms with Gasteiger partial charge in [0.25, 0.3) is 11.7 Å². The third-order valence-electron chi connectivity index (χ3n) is 3.39. The third kappa shape index (κ3) is 2.18. The van der Waals surface area contributed by atoms with E-state index in [9.17, 15) is 14.4 Å². The van der Waals surface area contributed by atoms with Crippen LogP contribution in [0, 0.1) is 0 Å². The van der Waals surface area contributed by atoms with Crippen molar-refractivity contribution in [3.8, 4) is 0 Å². The molecule has 1 aliphatic heterocycles. The minimum atomic E-state index is -1.03. The van der Waals surface area contributed by atoms with E-state index in [2.05, 4.69) is 0 Å². The lowest BCUT2D eigenvalue weighted by atomic mass is 10.1. The summed E-state index contributed by atoms with van der Waals surface area (Å²) in [4.78, 5) is 36.3. The molecule has 3 rings (SSSR count). The highest BCUT2D eigenvalue weighted by molar-refractivity contribution is 6.52.